The zero-order chi connectivity index (χ0) is 28.2. The molecule has 2 aromatic rings. The number of unbranched alkanes of at least 4 members (excludes halogenated alkanes) is 1. The number of nitrogens with one attached hydrogen (secondary N) is 1. The number of carbonyl (C=O) groups is 2. The fourth-order valence-electron chi connectivity index (χ4n) is 6.60. The Balaban J connectivity index is 1.21. The molecule has 8 nitrogen and oxygen atoms in total. The molecule has 1 saturated carbocycles. The van der Waals surface area contributed by atoms with Gasteiger partial charge in [0, 0.05) is 32.6 Å². The zero-order valence-electron chi connectivity index (χ0n) is 23.6. The Kier molecular flexibility index (Phi) is 8.66. The summed E-state index contributed by atoms with van der Waals surface area (Å²) in [5.41, 5.74) is -0.515. The standard InChI is InChI=1S/C32H43N3O5/c1-2-3-19-35-29(37)28(22-31(39)15-5-4-6-16-31)33-30(38)32(35)17-20-34(21-18-32)23-24-7-11-26(12-8-24)40-27-13-9-25(36)10-14-27/h7-14,28,36,39H,2-6,15-23H2,1H3,(H,33,38)/t28-/m1/s1. The third kappa shape index (κ3) is 6.28. The summed E-state index contributed by atoms with van der Waals surface area (Å²) in [5.74, 6) is 1.51. The molecule has 0 bridgehead atoms. The molecule has 2 saturated heterocycles. The van der Waals surface area contributed by atoms with Crippen molar-refractivity contribution in [2.24, 2.45) is 0 Å². The summed E-state index contributed by atoms with van der Waals surface area (Å²) in [6.45, 7) is 4.90. The van der Waals surface area contributed by atoms with Crippen LogP contribution in [-0.4, -0.2) is 68.6 Å². The number of likely N-dealkylation sites (tertiary alicyclic amines) is 1. The highest BCUT2D eigenvalue weighted by Crippen LogP contribution is 2.37. The van der Waals surface area contributed by atoms with Gasteiger partial charge in [0.1, 0.15) is 28.8 Å². The molecule has 40 heavy (non-hydrogen) atoms. The molecule has 3 aliphatic rings. The van der Waals surface area contributed by atoms with Crippen LogP contribution >= 0.6 is 0 Å². The lowest BCUT2D eigenvalue weighted by Gasteiger charge is -2.52. The lowest BCUT2D eigenvalue weighted by atomic mass is 9.77. The van der Waals surface area contributed by atoms with Gasteiger partial charge in [0.2, 0.25) is 11.8 Å². The molecule has 1 spiro atoms. The van der Waals surface area contributed by atoms with Crippen LogP contribution in [0.2, 0.25) is 0 Å². The van der Waals surface area contributed by atoms with E-state index < -0.39 is 17.2 Å². The van der Waals surface area contributed by atoms with Gasteiger partial charge in [-0.3, -0.25) is 14.5 Å². The minimum absolute atomic E-state index is 0.0234. The third-order valence-electron chi connectivity index (χ3n) is 9.00. The molecular formula is C32H43N3O5. The molecule has 216 valence electrons. The van der Waals surface area contributed by atoms with Crippen LogP contribution in [0.1, 0.15) is 76.7 Å². The second-order valence-corrected chi connectivity index (χ2v) is 11.9. The lowest BCUT2D eigenvalue weighted by molar-refractivity contribution is -0.163. The zero-order valence-corrected chi connectivity index (χ0v) is 23.6. The largest absolute Gasteiger partial charge is 0.508 e. The molecule has 0 radical (unpaired) electrons. The maximum absolute atomic E-state index is 13.8. The fraction of sp³-hybridized carbons (Fsp3) is 0.562. The van der Waals surface area contributed by atoms with E-state index in [0.717, 1.165) is 63.1 Å². The van der Waals surface area contributed by atoms with Crippen molar-refractivity contribution in [3.8, 4) is 17.2 Å². The number of hydrogen-bond donors (Lipinski definition) is 3. The van der Waals surface area contributed by atoms with E-state index in [-0.39, 0.29) is 17.6 Å². The number of benzene rings is 2. The first-order chi connectivity index (χ1) is 19.3. The molecule has 2 heterocycles. The molecule has 2 aromatic carbocycles. The van der Waals surface area contributed by atoms with Crippen LogP contribution in [-0.2, 0) is 16.1 Å². The van der Waals surface area contributed by atoms with Gasteiger partial charge in [0.15, 0.2) is 0 Å². The Morgan fingerprint density at radius 2 is 1.55 bits per heavy atom. The maximum atomic E-state index is 13.8. The van der Waals surface area contributed by atoms with Crippen molar-refractivity contribution in [1.29, 1.82) is 0 Å². The first kappa shape index (κ1) is 28.4. The highest BCUT2D eigenvalue weighted by atomic mass is 16.5. The number of ether oxygens (including phenoxy) is 1. The van der Waals surface area contributed by atoms with E-state index in [0.29, 0.717) is 44.4 Å². The van der Waals surface area contributed by atoms with Crippen molar-refractivity contribution < 1.29 is 24.5 Å². The topological polar surface area (TPSA) is 102 Å². The second-order valence-electron chi connectivity index (χ2n) is 11.9. The van der Waals surface area contributed by atoms with Crippen molar-refractivity contribution in [3.05, 3.63) is 54.1 Å². The van der Waals surface area contributed by atoms with Gasteiger partial charge in [-0.05, 0) is 74.1 Å². The Morgan fingerprint density at radius 1 is 0.925 bits per heavy atom. The molecular weight excluding hydrogens is 506 g/mol. The molecule has 8 heteroatoms. The lowest BCUT2D eigenvalue weighted by Crippen LogP contribution is -2.73. The van der Waals surface area contributed by atoms with Crippen LogP contribution in [0, 0.1) is 0 Å². The molecule has 1 aliphatic carbocycles. The van der Waals surface area contributed by atoms with E-state index in [1.165, 1.54) is 0 Å². The summed E-state index contributed by atoms with van der Waals surface area (Å²) in [5, 5.41) is 23.6. The molecule has 3 N–H and O–H groups in total. The smallest absolute Gasteiger partial charge is 0.246 e. The summed E-state index contributed by atoms with van der Waals surface area (Å²) in [6.07, 6.45) is 7.80. The van der Waals surface area contributed by atoms with Crippen molar-refractivity contribution in [2.45, 2.75) is 94.9 Å². The minimum atomic E-state index is -0.860. The van der Waals surface area contributed by atoms with Gasteiger partial charge >= 0.3 is 0 Å². The number of piperidine rings is 1. The minimum Gasteiger partial charge on any atom is -0.508 e. The van der Waals surface area contributed by atoms with Gasteiger partial charge in [-0.2, -0.15) is 0 Å². The van der Waals surface area contributed by atoms with Crippen LogP contribution < -0.4 is 10.1 Å². The Bertz CT molecular complexity index is 1150. The van der Waals surface area contributed by atoms with E-state index in [1.807, 2.05) is 29.2 Å². The number of phenols is 1. The van der Waals surface area contributed by atoms with E-state index >= 15 is 0 Å². The van der Waals surface area contributed by atoms with Gasteiger partial charge in [-0.1, -0.05) is 44.7 Å². The number of amides is 2. The first-order valence-corrected chi connectivity index (χ1v) is 14.9. The highest BCUT2D eigenvalue weighted by molar-refractivity contribution is 6.00. The van der Waals surface area contributed by atoms with Gasteiger partial charge in [-0.25, -0.2) is 0 Å². The van der Waals surface area contributed by atoms with Gasteiger partial charge in [0.25, 0.3) is 0 Å². The van der Waals surface area contributed by atoms with E-state index in [4.69, 9.17) is 4.74 Å². The SMILES string of the molecule is CCCCN1C(=O)[C@@H](CC2(O)CCCCC2)NC(=O)C12CCN(Cc1ccc(Oc3ccc(O)cc3)cc1)CC2. The number of rotatable bonds is 9. The molecule has 0 aromatic heterocycles. The molecule has 1 atom stereocenters. The Labute approximate surface area is 237 Å². The first-order valence-electron chi connectivity index (χ1n) is 14.9. The van der Waals surface area contributed by atoms with Crippen LogP contribution in [0.3, 0.4) is 0 Å². The number of hydrogen-bond acceptors (Lipinski definition) is 6. The molecule has 5 rings (SSSR count). The predicted molar refractivity (Wildman–Crippen MR) is 153 cm³/mol. The predicted octanol–water partition coefficient (Wildman–Crippen LogP) is 4.73. The summed E-state index contributed by atoms with van der Waals surface area (Å²) < 4.78 is 5.86. The number of nitrogens with zero attached hydrogens (tertiary/aromatic N) is 2. The maximum Gasteiger partial charge on any atom is 0.246 e. The summed E-state index contributed by atoms with van der Waals surface area (Å²) in [4.78, 5) is 31.7. The normalized spacial score (nSPS) is 22.8. The number of piperazine rings is 1. The van der Waals surface area contributed by atoms with Gasteiger partial charge in [-0.15, -0.1) is 0 Å². The van der Waals surface area contributed by atoms with E-state index in [1.54, 1.807) is 24.3 Å². The van der Waals surface area contributed by atoms with Crippen molar-refractivity contribution in [2.75, 3.05) is 19.6 Å². The number of aromatic hydroxyl groups is 1. The van der Waals surface area contributed by atoms with Gasteiger partial charge < -0.3 is 25.2 Å². The van der Waals surface area contributed by atoms with Crippen LogP contribution in [0.4, 0.5) is 0 Å². The third-order valence-corrected chi connectivity index (χ3v) is 9.00. The summed E-state index contributed by atoms with van der Waals surface area (Å²) in [7, 11) is 0. The second kappa shape index (κ2) is 12.2. The number of phenolic OH excluding ortho intramolecular Hbond substituents is 1. The molecule has 0 unspecified atom stereocenters. The molecule has 3 fully saturated rings. The summed E-state index contributed by atoms with van der Waals surface area (Å²) in [6, 6.07) is 14.0. The van der Waals surface area contributed by atoms with Crippen molar-refractivity contribution >= 4 is 11.8 Å². The van der Waals surface area contributed by atoms with Gasteiger partial charge in [0.05, 0.1) is 5.60 Å². The monoisotopic (exact) mass is 549 g/mol. The van der Waals surface area contributed by atoms with Crippen LogP contribution in [0.15, 0.2) is 48.5 Å². The number of aliphatic hydroxyl groups is 1. The summed E-state index contributed by atoms with van der Waals surface area (Å²) >= 11 is 0. The molecule has 2 aliphatic heterocycles. The van der Waals surface area contributed by atoms with E-state index in [2.05, 4.69) is 17.1 Å². The quantitative estimate of drug-likeness (QED) is 0.418. The Morgan fingerprint density at radius 3 is 2.17 bits per heavy atom. The van der Waals surface area contributed by atoms with Crippen LogP contribution in [0.5, 0.6) is 17.2 Å². The van der Waals surface area contributed by atoms with E-state index in [9.17, 15) is 19.8 Å². The average molecular weight is 550 g/mol. The van der Waals surface area contributed by atoms with Crippen molar-refractivity contribution in [1.82, 2.24) is 15.1 Å². The number of carbonyl (C=O) groups excluding carboxylic acids is 2. The fourth-order valence-corrected chi connectivity index (χ4v) is 6.60. The molecule has 2 amide bonds. The Hall–Kier alpha value is -3.10. The highest BCUT2D eigenvalue weighted by Gasteiger charge is 2.54. The van der Waals surface area contributed by atoms with Crippen LogP contribution in [0.25, 0.3) is 0 Å². The average Bonchev–Trinajstić information content (AvgIpc) is 2.95. The van der Waals surface area contributed by atoms with Crippen molar-refractivity contribution in [3.63, 3.8) is 0 Å².